The molecule has 0 saturated heterocycles. The van der Waals surface area contributed by atoms with E-state index in [1.165, 1.54) is 0 Å². The molecule has 2 N–H and O–H groups in total. The summed E-state index contributed by atoms with van der Waals surface area (Å²) in [6, 6.07) is 7.26. The number of nitrogens with one attached hydrogen (secondary N) is 1. The Morgan fingerprint density at radius 2 is 1.94 bits per heavy atom. The molecule has 1 atom stereocenters. The zero-order valence-corrected chi connectivity index (χ0v) is 12.4. The summed E-state index contributed by atoms with van der Waals surface area (Å²) in [5.41, 5.74) is 1.76. The average Bonchev–Trinajstić information content (AvgIpc) is 2.37. The minimum atomic E-state index is -0.173. The first-order valence-electron chi connectivity index (χ1n) is 6.13. The van der Waals surface area contributed by atoms with E-state index in [9.17, 15) is 9.90 Å². The number of amides is 1. The van der Waals surface area contributed by atoms with Crippen LogP contribution in [0.5, 0.6) is 0 Å². The monoisotopic (exact) mass is 313 g/mol. The van der Waals surface area contributed by atoms with Gasteiger partial charge in [0.2, 0.25) is 0 Å². The number of aliphatic hydroxyl groups excluding tert-OH is 1. The Labute approximate surface area is 117 Å². The second kappa shape index (κ2) is 7.54. The highest BCUT2D eigenvalue weighted by molar-refractivity contribution is 9.08. The van der Waals surface area contributed by atoms with Gasteiger partial charge in [-0.05, 0) is 30.0 Å². The molecular formula is C14H20BrNO2. The summed E-state index contributed by atoms with van der Waals surface area (Å²) in [5.74, 6) is 0.314. The van der Waals surface area contributed by atoms with Gasteiger partial charge in [0.1, 0.15) is 0 Å². The Hall–Kier alpha value is -0.870. The number of rotatable bonds is 6. The number of carbonyl (C=O) groups is 1. The minimum Gasteiger partial charge on any atom is -0.394 e. The highest BCUT2D eigenvalue weighted by atomic mass is 79.9. The quantitative estimate of drug-likeness (QED) is 0.793. The van der Waals surface area contributed by atoms with Crippen LogP contribution in [-0.2, 0) is 5.33 Å². The molecule has 0 heterocycles. The second-order valence-electron chi connectivity index (χ2n) is 4.81. The van der Waals surface area contributed by atoms with Crippen molar-refractivity contribution in [3.63, 3.8) is 0 Å². The molecule has 1 unspecified atom stereocenters. The first-order chi connectivity index (χ1) is 8.56. The maximum Gasteiger partial charge on any atom is 0.251 e. The number of hydrogen-bond donors (Lipinski definition) is 2. The summed E-state index contributed by atoms with van der Waals surface area (Å²) in [6.07, 6.45) is 0.779. The first kappa shape index (κ1) is 15.2. The van der Waals surface area contributed by atoms with E-state index in [1.54, 1.807) is 12.1 Å². The van der Waals surface area contributed by atoms with Crippen LogP contribution in [0.3, 0.4) is 0 Å². The third kappa shape index (κ3) is 4.78. The molecule has 4 heteroatoms. The average molecular weight is 314 g/mol. The Bertz CT molecular complexity index is 376. The zero-order chi connectivity index (χ0) is 13.5. The summed E-state index contributed by atoms with van der Waals surface area (Å²) in [4.78, 5) is 12.0. The Balaban J connectivity index is 2.62. The van der Waals surface area contributed by atoms with E-state index in [-0.39, 0.29) is 18.6 Å². The Morgan fingerprint density at radius 1 is 1.33 bits per heavy atom. The fourth-order valence-electron chi connectivity index (χ4n) is 1.76. The molecule has 1 aromatic carbocycles. The topological polar surface area (TPSA) is 49.3 Å². The van der Waals surface area contributed by atoms with Crippen LogP contribution in [0, 0.1) is 5.92 Å². The molecule has 100 valence electrons. The maximum atomic E-state index is 12.0. The van der Waals surface area contributed by atoms with Gasteiger partial charge in [-0.2, -0.15) is 0 Å². The number of aliphatic hydroxyl groups is 1. The van der Waals surface area contributed by atoms with Crippen LogP contribution in [-0.4, -0.2) is 23.7 Å². The van der Waals surface area contributed by atoms with Gasteiger partial charge in [0, 0.05) is 10.9 Å². The van der Waals surface area contributed by atoms with Crippen LogP contribution in [0.25, 0.3) is 0 Å². The number of hydrogen-bond acceptors (Lipinski definition) is 2. The van der Waals surface area contributed by atoms with Crippen molar-refractivity contribution in [1.29, 1.82) is 0 Å². The van der Waals surface area contributed by atoms with Gasteiger partial charge in [-0.15, -0.1) is 0 Å². The van der Waals surface area contributed by atoms with Crippen molar-refractivity contribution >= 4 is 21.8 Å². The smallest absolute Gasteiger partial charge is 0.251 e. The van der Waals surface area contributed by atoms with Gasteiger partial charge in [0.25, 0.3) is 5.91 Å². The fraction of sp³-hybridized carbons (Fsp3) is 0.500. The normalized spacial score (nSPS) is 12.5. The van der Waals surface area contributed by atoms with Crippen LogP contribution >= 0.6 is 15.9 Å². The zero-order valence-electron chi connectivity index (χ0n) is 10.8. The summed E-state index contributed by atoms with van der Waals surface area (Å²) in [6.45, 7) is 4.11. The van der Waals surface area contributed by atoms with Crippen molar-refractivity contribution in [2.45, 2.75) is 31.6 Å². The molecular weight excluding hydrogens is 294 g/mol. The van der Waals surface area contributed by atoms with Crippen molar-refractivity contribution in [3.8, 4) is 0 Å². The van der Waals surface area contributed by atoms with E-state index in [0.717, 1.165) is 17.3 Å². The van der Waals surface area contributed by atoms with E-state index in [4.69, 9.17) is 0 Å². The number of benzene rings is 1. The molecule has 1 rings (SSSR count). The number of carbonyl (C=O) groups excluding carboxylic acids is 1. The van der Waals surface area contributed by atoms with Crippen molar-refractivity contribution in [1.82, 2.24) is 5.32 Å². The lowest BCUT2D eigenvalue weighted by atomic mass is 10.0. The molecule has 0 aliphatic carbocycles. The summed E-state index contributed by atoms with van der Waals surface area (Å²) in [5, 5.41) is 12.9. The molecule has 3 nitrogen and oxygen atoms in total. The molecule has 18 heavy (non-hydrogen) atoms. The van der Waals surface area contributed by atoms with Gasteiger partial charge < -0.3 is 10.4 Å². The molecule has 0 fully saturated rings. The molecule has 0 aliphatic rings. The predicted molar refractivity (Wildman–Crippen MR) is 76.9 cm³/mol. The van der Waals surface area contributed by atoms with Crippen molar-refractivity contribution in [3.05, 3.63) is 35.4 Å². The van der Waals surface area contributed by atoms with E-state index < -0.39 is 0 Å². The van der Waals surface area contributed by atoms with Gasteiger partial charge in [-0.1, -0.05) is 41.9 Å². The maximum absolute atomic E-state index is 12.0. The molecule has 0 spiro atoms. The van der Waals surface area contributed by atoms with Crippen molar-refractivity contribution < 1.29 is 9.90 Å². The van der Waals surface area contributed by atoms with Crippen LogP contribution in [0.1, 0.15) is 36.2 Å². The second-order valence-corrected chi connectivity index (χ2v) is 5.37. The first-order valence-corrected chi connectivity index (χ1v) is 7.25. The third-order valence-corrected chi connectivity index (χ3v) is 3.33. The highest BCUT2D eigenvalue weighted by Crippen LogP contribution is 2.09. The summed E-state index contributed by atoms with van der Waals surface area (Å²) < 4.78 is 0. The minimum absolute atomic E-state index is 0.0244. The van der Waals surface area contributed by atoms with Crippen molar-refractivity contribution in [2.75, 3.05) is 6.61 Å². The number of halogens is 1. The van der Waals surface area contributed by atoms with Crippen LogP contribution in [0.15, 0.2) is 24.3 Å². The van der Waals surface area contributed by atoms with Crippen LogP contribution < -0.4 is 5.32 Å². The van der Waals surface area contributed by atoms with E-state index in [0.29, 0.717) is 11.5 Å². The lowest BCUT2D eigenvalue weighted by Crippen LogP contribution is -2.38. The molecule has 1 amide bonds. The van der Waals surface area contributed by atoms with Gasteiger partial charge >= 0.3 is 0 Å². The van der Waals surface area contributed by atoms with Gasteiger partial charge in [-0.3, -0.25) is 4.79 Å². The summed E-state index contributed by atoms with van der Waals surface area (Å²) >= 11 is 3.36. The number of alkyl halides is 1. The molecule has 0 radical (unpaired) electrons. The molecule has 0 bridgehead atoms. The SMILES string of the molecule is CC(C)CC(CO)NC(=O)c1ccc(CBr)cc1. The van der Waals surface area contributed by atoms with Crippen LogP contribution in [0.2, 0.25) is 0 Å². The lowest BCUT2D eigenvalue weighted by molar-refractivity contribution is 0.0908. The Kier molecular flexibility index (Phi) is 6.36. The van der Waals surface area contributed by atoms with Gasteiger partial charge in [0.05, 0.1) is 12.6 Å². The van der Waals surface area contributed by atoms with E-state index in [1.807, 2.05) is 12.1 Å². The Morgan fingerprint density at radius 3 is 2.39 bits per heavy atom. The fourth-order valence-corrected chi connectivity index (χ4v) is 2.14. The van der Waals surface area contributed by atoms with Crippen molar-refractivity contribution in [2.24, 2.45) is 5.92 Å². The largest absolute Gasteiger partial charge is 0.394 e. The molecule has 1 aromatic rings. The van der Waals surface area contributed by atoms with E-state index in [2.05, 4.69) is 35.1 Å². The lowest BCUT2D eigenvalue weighted by Gasteiger charge is -2.18. The summed E-state index contributed by atoms with van der Waals surface area (Å²) in [7, 11) is 0. The van der Waals surface area contributed by atoms with Crippen LogP contribution in [0.4, 0.5) is 0 Å². The standard InChI is InChI=1S/C14H20BrNO2/c1-10(2)7-13(9-17)16-14(18)12-5-3-11(8-15)4-6-12/h3-6,10,13,17H,7-9H2,1-2H3,(H,16,18). The highest BCUT2D eigenvalue weighted by Gasteiger charge is 2.14. The molecule has 0 aromatic heterocycles. The third-order valence-electron chi connectivity index (χ3n) is 2.68. The van der Waals surface area contributed by atoms with E-state index >= 15 is 0 Å². The molecule has 0 saturated carbocycles. The predicted octanol–water partition coefficient (Wildman–Crippen LogP) is 2.72. The van der Waals surface area contributed by atoms with Gasteiger partial charge in [-0.25, -0.2) is 0 Å². The van der Waals surface area contributed by atoms with Gasteiger partial charge in [0.15, 0.2) is 0 Å². The molecule has 0 aliphatic heterocycles.